The second kappa shape index (κ2) is 33.7. The lowest BCUT2D eigenvalue weighted by molar-refractivity contribution is 0.0497. The van der Waals surface area contributed by atoms with Crippen LogP contribution in [0.3, 0.4) is 0 Å². The van der Waals surface area contributed by atoms with Crippen molar-refractivity contribution in [1.29, 1.82) is 0 Å². The van der Waals surface area contributed by atoms with E-state index < -0.39 is 0 Å². The van der Waals surface area contributed by atoms with Gasteiger partial charge < -0.3 is 35.6 Å². The molecule has 1 aromatic heterocycles. The van der Waals surface area contributed by atoms with E-state index in [2.05, 4.69) is 42.6 Å². The molecular weight excluding hydrogens is 632 g/mol. The lowest BCUT2D eigenvalue weighted by atomic mass is 10.1. The number of aliphatic hydroxyl groups is 2. The predicted octanol–water partition coefficient (Wildman–Crippen LogP) is 7.33. The van der Waals surface area contributed by atoms with Crippen molar-refractivity contribution < 1.29 is 29.3 Å². The predicted molar refractivity (Wildman–Crippen MR) is 199 cm³/mol. The molecule has 2 rings (SSSR count). The van der Waals surface area contributed by atoms with Gasteiger partial charge in [-0.25, -0.2) is 4.79 Å². The normalized spacial score (nSPS) is 9.94. The quantitative estimate of drug-likeness (QED) is 0.0484. The van der Waals surface area contributed by atoms with Crippen molar-refractivity contribution in [3.05, 3.63) is 65.5 Å². The van der Waals surface area contributed by atoms with E-state index in [0.29, 0.717) is 40.7 Å². The van der Waals surface area contributed by atoms with Crippen LogP contribution in [0.5, 0.6) is 5.75 Å². The molecule has 1 aromatic carbocycles. The first-order valence-corrected chi connectivity index (χ1v) is 17.6. The summed E-state index contributed by atoms with van der Waals surface area (Å²) in [5.41, 5.74) is 7.01. The minimum absolute atomic E-state index is 0.125. The molecule has 0 fully saturated rings. The first kappa shape index (κ1) is 46.9. The van der Waals surface area contributed by atoms with Crippen LogP contribution in [0.1, 0.15) is 113 Å². The minimum atomic E-state index is -0.265. The first-order valence-electron chi connectivity index (χ1n) is 17.2. The zero-order valence-corrected chi connectivity index (χ0v) is 30.9. The van der Waals surface area contributed by atoms with Crippen molar-refractivity contribution in [2.45, 2.75) is 91.9 Å². The van der Waals surface area contributed by atoms with Gasteiger partial charge >= 0.3 is 5.97 Å². The molecule has 0 atom stereocenters. The van der Waals surface area contributed by atoms with E-state index in [0.717, 1.165) is 32.5 Å². The molecule has 274 valence electrons. The number of aliphatic hydroxyl groups excluding tert-OH is 2. The van der Waals surface area contributed by atoms with Crippen molar-refractivity contribution in [3.63, 3.8) is 0 Å². The highest BCUT2D eigenvalue weighted by molar-refractivity contribution is 6.33. The third kappa shape index (κ3) is 24.9. The van der Waals surface area contributed by atoms with Gasteiger partial charge in [0.1, 0.15) is 5.75 Å². The van der Waals surface area contributed by atoms with E-state index in [1.54, 1.807) is 36.7 Å². The number of allylic oxidation sites excluding steroid dienone is 1. The maximum absolute atomic E-state index is 12.1. The Hall–Kier alpha value is -3.18. The standard InChI is InChI=1S/C18H29NO2.C14H22ClN3O2.C3H6.C2H6O2/c1-2-3-4-5-6-7-8-9-10-11-15-21-18(20)17-13-12-14-19-16-17;1-4-18(5-2)7-6-17-14(19)10-8-11(15)12(16)9-13(10)20-3;1-3-2;3-1-2-4/h12-14,16H,2-11,15H2,1H3;8-9H,4-7,16H2,1-3H3,(H,17,19);3H,1H2,2H3;3-4H,1-2H2. The number of nitrogens with one attached hydrogen (secondary N) is 1. The van der Waals surface area contributed by atoms with E-state index in [9.17, 15) is 9.59 Å². The molecule has 0 aliphatic carbocycles. The van der Waals surface area contributed by atoms with E-state index in [1.165, 1.54) is 64.5 Å². The number of hydrogen-bond donors (Lipinski definition) is 4. The van der Waals surface area contributed by atoms with Crippen LogP contribution in [0.15, 0.2) is 49.3 Å². The molecule has 1 amide bonds. The van der Waals surface area contributed by atoms with Crippen LogP contribution in [0.2, 0.25) is 5.02 Å². The summed E-state index contributed by atoms with van der Waals surface area (Å²) in [4.78, 5) is 29.9. The Kier molecular flexibility index (Phi) is 33.0. The van der Waals surface area contributed by atoms with Gasteiger partial charge in [0.2, 0.25) is 0 Å². The molecule has 0 saturated heterocycles. The highest BCUT2D eigenvalue weighted by Gasteiger charge is 2.15. The van der Waals surface area contributed by atoms with E-state index >= 15 is 0 Å². The zero-order chi connectivity index (χ0) is 36.4. The molecule has 11 heteroatoms. The van der Waals surface area contributed by atoms with Crippen LogP contribution < -0.4 is 15.8 Å². The second-order valence-corrected chi connectivity index (χ2v) is 11.2. The fraction of sp³-hybridized carbons (Fsp3) is 0.595. The van der Waals surface area contributed by atoms with E-state index in [1.807, 2.05) is 6.92 Å². The number of nitrogens with zero attached hydrogens (tertiary/aromatic N) is 2. The Labute approximate surface area is 295 Å². The Bertz CT molecular complexity index is 1070. The number of anilines is 1. The summed E-state index contributed by atoms with van der Waals surface area (Å²) in [6.07, 6.45) is 17.8. The maximum atomic E-state index is 12.1. The number of ether oxygens (including phenoxy) is 2. The van der Waals surface area contributed by atoms with Crippen LogP contribution in [-0.2, 0) is 4.74 Å². The Morgan fingerprint density at radius 3 is 2.04 bits per heavy atom. The molecule has 0 aliphatic heterocycles. The van der Waals surface area contributed by atoms with Crippen LogP contribution in [0, 0.1) is 0 Å². The Morgan fingerprint density at radius 2 is 1.56 bits per heavy atom. The third-order valence-electron chi connectivity index (χ3n) is 6.90. The molecule has 0 bridgehead atoms. The number of unbranched alkanes of at least 4 members (excludes halogenated alkanes) is 9. The number of halogens is 1. The molecular formula is C37H63ClN4O6. The van der Waals surface area contributed by atoms with Gasteiger partial charge in [0.05, 0.1) is 48.8 Å². The number of methoxy groups -OCH3 is 1. The number of nitrogens with two attached hydrogens (primary N) is 1. The summed E-state index contributed by atoms with van der Waals surface area (Å²) in [6.45, 7) is 15.3. The number of rotatable bonds is 20. The second-order valence-electron chi connectivity index (χ2n) is 10.8. The number of pyridine rings is 1. The van der Waals surface area contributed by atoms with Gasteiger partial charge in [0.15, 0.2) is 0 Å². The minimum Gasteiger partial charge on any atom is -0.496 e. The van der Waals surface area contributed by atoms with Crippen LogP contribution >= 0.6 is 11.6 Å². The number of nitrogen functional groups attached to an aromatic ring is 1. The van der Waals surface area contributed by atoms with Crippen molar-refractivity contribution >= 4 is 29.2 Å². The molecule has 0 radical (unpaired) electrons. The van der Waals surface area contributed by atoms with Gasteiger partial charge in [0.25, 0.3) is 5.91 Å². The number of amides is 1. The van der Waals surface area contributed by atoms with Crippen molar-refractivity contribution in [1.82, 2.24) is 15.2 Å². The molecule has 48 heavy (non-hydrogen) atoms. The lowest BCUT2D eigenvalue weighted by Gasteiger charge is -2.18. The van der Waals surface area contributed by atoms with Crippen molar-refractivity contribution in [2.24, 2.45) is 0 Å². The fourth-order valence-electron chi connectivity index (χ4n) is 4.20. The number of esters is 1. The molecule has 0 aliphatic rings. The third-order valence-corrected chi connectivity index (χ3v) is 7.23. The summed E-state index contributed by atoms with van der Waals surface area (Å²) in [5, 5.41) is 18.5. The smallest absolute Gasteiger partial charge is 0.339 e. The number of carbonyl (C=O) groups excluding carboxylic acids is 2. The topological polar surface area (TPSA) is 147 Å². The Morgan fingerprint density at radius 1 is 1.00 bits per heavy atom. The number of aromatic nitrogens is 1. The molecule has 0 saturated carbocycles. The molecule has 2 aromatic rings. The molecule has 5 N–H and O–H groups in total. The monoisotopic (exact) mass is 694 g/mol. The number of benzene rings is 1. The molecule has 0 unspecified atom stereocenters. The summed E-state index contributed by atoms with van der Waals surface area (Å²) >= 11 is 5.95. The van der Waals surface area contributed by atoms with Gasteiger partial charge in [-0.05, 0) is 44.6 Å². The average Bonchev–Trinajstić information content (AvgIpc) is 3.11. The summed E-state index contributed by atoms with van der Waals surface area (Å²) in [6, 6.07) is 6.56. The van der Waals surface area contributed by atoms with Gasteiger partial charge in [-0.3, -0.25) is 9.78 Å². The fourth-order valence-corrected chi connectivity index (χ4v) is 4.36. The van der Waals surface area contributed by atoms with Crippen LogP contribution in [0.25, 0.3) is 0 Å². The zero-order valence-electron chi connectivity index (χ0n) is 30.1. The van der Waals surface area contributed by atoms with Crippen LogP contribution in [-0.4, -0.2) is 85.1 Å². The Balaban J connectivity index is 0. The van der Waals surface area contributed by atoms with Crippen molar-refractivity contribution in [2.75, 3.05) is 58.8 Å². The maximum Gasteiger partial charge on any atom is 0.339 e. The molecule has 1 heterocycles. The number of hydrogen-bond acceptors (Lipinski definition) is 9. The van der Waals surface area contributed by atoms with Crippen molar-refractivity contribution in [3.8, 4) is 5.75 Å². The summed E-state index contributed by atoms with van der Waals surface area (Å²) < 4.78 is 10.4. The molecule has 0 spiro atoms. The SMILES string of the molecule is C=CC.CCCCCCCCCCCCOC(=O)c1cccnc1.CCN(CC)CCNC(=O)c1cc(Cl)c(N)cc1OC.OCCO. The van der Waals surface area contributed by atoms with Gasteiger partial charge in [0, 0.05) is 31.5 Å². The van der Waals surface area contributed by atoms with Crippen LogP contribution in [0.4, 0.5) is 5.69 Å². The average molecular weight is 695 g/mol. The molecule has 10 nitrogen and oxygen atoms in total. The lowest BCUT2D eigenvalue weighted by Crippen LogP contribution is -2.34. The van der Waals surface area contributed by atoms with Gasteiger partial charge in [-0.2, -0.15) is 0 Å². The largest absolute Gasteiger partial charge is 0.496 e. The highest BCUT2D eigenvalue weighted by atomic mass is 35.5. The summed E-state index contributed by atoms with van der Waals surface area (Å²) in [7, 11) is 1.50. The van der Waals surface area contributed by atoms with Gasteiger partial charge in [-0.15, -0.1) is 6.58 Å². The number of likely N-dealkylation sites (N-methyl/N-ethyl adjacent to an activating group) is 1. The summed E-state index contributed by atoms with van der Waals surface area (Å²) in [5.74, 6) is -0.0535. The van der Waals surface area contributed by atoms with Gasteiger partial charge in [-0.1, -0.05) is 96.2 Å². The first-order chi connectivity index (χ1) is 23.2. The van der Waals surface area contributed by atoms with E-state index in [-0.39, 0.29) is 25.1 Å². The van der Waals surface area contributed by atoms with E-state index in [4.69, 9.17) is 37.0 Å². The number of carbonyl (C=O) groups is 2. The highest BCUT2D eigenvalue weighted by Crippen LogP contribution is 2.28.